The van der Waals surface area contributed by atoms with Crippen molar-refractivity contribution in [3.05, 3.63) is 28.8 Å². The van der Waals surface area contributed by atoms with Crippen LogP contribution in [0.15, 0.2) is 18.2 Å². The summed E-state index contributed by atoms with van der Waals surface area (Å²) >= 11 is 6.03. The van der Waals surface area contributed by atoms with Gasteiger partial charge in [0.05, 0.1) is 12.7 Å². The van der Waals surface area contributed by atoms with Gasteiger partial charge in [-0.25, -0.2) is 0 Å². The molecule has 0 unspecified atom stereocenters. The summed E-state index contributed by atoms with van der Waals surface area (Å²) in [5.74, 6) is 1.63. The van der Waals surface area contributed by atoms with Gasteiger partial charge in [0.2, 0.25) is 0 Å². The molecule has 21 heavy (non-hydrogen) atoms. The first-order valence-corrected chi connectivity index (χ1v) is 8.08. The summed E-state index contributed by atoms with van der Waals surface area (Å²) in [6.07, 6.45) is 4.19. The number of benzene rings is 1. The SMILES string of the molecule is COc1ccc(Cl)cc1C(=O)C1CCC(C(C)(C)C)CC1. The van der Waals surface area contributed by atoms with Crippen LogP contribution in [0.1, 0.15) is 56.8 Å². The minimum Gasteiger partial charge on any atom is -0.496 e. The number of ketones is 1. The zero-order valence-corrected chi connectivity index (χ0v) is 14.2. The minimum absolute atomic E-state index is 0.107. The third kappa shape index (κ3) is 3.79. The van der Waals surface area contributed by atoms with Gasteiger partial charge in [-0.1, -0.05) is 32.4 Å². The molecule has 2 rings (SSSR count). The molecule has 0 bridgehead atoms. The number of rotatable bonds is 3. The normalized spacial score (nSPS) is 22.9. The van der Waals surface area contributed by atoms with Gasteiger partial charge in [0.25, 0.3) is 0 Å². The van der Waals surface area contributed by atoms with E-state index in [1.807, 2.05) is 0 Å². The molecule has 0 spiro atoms. The van der Waals surface area contributed by atoms with Crippen LogP contribution < -0.4 is 4.74 Å². The summed E-state index contributed by atoms with van der Waals surface area (Å²) in [6.45, 7) is 6.87. The number of carbonyl (C=O) groups excluding carboxylic acids is 1. The van der Waals surface area contributed by atoms with Gasteiger partial charge in [0.1, 0.15) is 5.75 Å². The van der Waals surface area contributed by atoms with Crippen molar-refractivity contribution in [1.29, 1.82) is 0 Å². The Morgan fingerprint density at radius 1 is 1.19 bits per heavy atom. The molecule has 0 radical (unpaired) electrons. The molecule has 2 nitrogen and oxygen atoms in total. The van der Waals surface area contributed by atoms with Crippen molar-refractivity contribution in [3.63, 3.8) is 0 Å². The van der Waals surface area contributed by atoms with E-state index in [0.29, 0.717) is 27.7 Å². The number of carbonyl (C=O) groups is 1. The molecule has 3 heteroatoms. The molecular weight excluding hydrogens is 284 g/mol. The van der Waals surface area contributed by atoms with E-state index in [1.54, 1.807) is 25.3 Å². The highest BCUT2D eigenvalue weighted by molar-refractivity contribution is 6.31. The summed E-state index contributed by atoms with van der Waals surface area (Å²) in [5.41, 5.74) is 0.964. The van der Waals surface area contributed by atoms with E-state index in [-0.39, 0.29) is 11.7 Å². The predicted molar refractivity (Wildman–Crippen MR) is 87.2 cm³/mol. The zero-order chi connectivity index (χ0) is 15.6. The Kier molecular flexibility index (Phi) is 4.98. The Bertz CT molecular complexity index is 508. The van der Waals surface area contributed by atoms with Gasteiger partial charge in [0, 0.05) is 10.9 Å². The number of hydrogen-bond donors (Lipinski definition) is 0. The van der Waals surface area contributed by atoms with Crippen molar-refractivity contribution >= 4 is 17.4 Å². The van der Waals surface area contributed by atoms with Gasteiger partial charge in [-0.05, 0) is 55.2 Å². The molecule has 0 atom stereocenters. The Morgan fingerprint density at radius 3 is 2.33 bits per heavy atom. The molecule has 0 amide bonds. The Hall–Kier alpha value is -1.02. The van der Waals surface area contributed by atoms with E-state index in [1.165, 1.54) is 0 Å². The van der Waals surface area contributed by atoms with Crippen molar-refractivity contribution in [2.24, 2.45) is 17.3 Å². The van der Waals surface area contributed by atoms with Crippen molar-refractivity contribution in [2.45, 2.75) is 46.5 Å². The number of methoxy groups -OCH3 is 1. The van der Waals surface area contributed by atoms with Crippen LogP contribution in [0.3, 0.4) is 0 Å². The topological polar surface area (TPSA) is 26.3 Å². The second kappa shape index (κ2) is 6.39. The number of ether oxygens (including phenoxy) is 1. The minimum atomic E-state index is 0.107. The average molecular weight is 309 g/mol. The highest BCUT2D eigenvalue weighted by Crippen LogP contribution is 2.41. The standard InChI is InChI=1S/C18H25ClO2/c1-18(2,3)13-7-5-12(6-8-13)17(20)15-11-14(19)9-10-16(15)21-4/h9-13H,5-8H2,1-4H3. The van der Waals surface area contributed by atoms with Crippen LogP contribution >= 0.6 is 11.6 Å². The van der Waals surface area contributed by atoms with E-state index in [4.69, 9.17) is 16.3 Å². The highest BCUT2D eigenvalue weighted by Gasteiger charge is 2.33. The summed E-state index contributed by atoms with van der Waals surface area (Å²) in [7, 11) is 1.59. The van der Waals surface area contributed by atoms with Crippen molar-refractivity contribution < 1.29 is 9.53 Å². The van der Waals surface area contributed by atoms with Crippen LogP contribution in [-0.2, 0) is 0 Å². The smallest absolute Gasteiger partial charge is 0.169 e. The molecule has 0 N–H and O–H groups in total. The van der Waals surface area contributed by atoms with Crippen molar-refractivity contribution in [3.8, 4) is 5.75 Å². The van der Waals surface area contributed by atoms with Gasteiger partial charge in [0.15, 0.2) is 5.78 Å². The van der Waals surface area contributed by atoms with Gasteiger partial charge >= 0.3 is 0 Å². The maximum absolute atomic E-state index is 12.7. The molecule has 1 aliphatic rings. The second-order valence-corrected chi connectivity index (χ2v) is 7.56. The molecule has 1 fully saturated rings. The first-order valence-electron chi connectivity index (χ1n) is 7.70. The average Bonchev–Trinajstić information content (AvgIpc) is 2.45. The summed E-state index contributed by atoms with van der Waals surface area (Å²) in [4.78, 5) is 12.7. The van der Waals surface area contributed by atoms with Crippen molar-refractivity contribution in [1.82, 2.24) is 0 Å². The molecule has 1 aromatic rings. The van der Waals surface area contributed by atoms with E-state index in [9.17, 15) is 4.79 Å². The number of Topliss-reactive ketones (excluding diaryl/α,β-unsaturated/α-hetero) is 1. The van der Waals surface area contributed by atoms with E-state index >= 15 is 0 Å². The van der Waals surface area contributed by atoms with Crippen LogP contribution in [0.2, 0.25) is 5.02 Å². The van der Waals surface area contributed by atoms with Crippen LogP contribution in [0, 0.1) is 17.3 Å². The molecule has 0 saturated heterocycles. The summed E-state index contributed by atoms with van der Waals surface area (Å²) in [6, 6.07) is 5.27. The molecule has 0 aliphatic heterocycles. The van der Waals surface area contributed by atoms with Crippen LogP contribution in [0.25, 0.3) is 0 Å². The maximum Gasteiger partial charge on any atom is 0.169 e. The van der Waals surface area contributed by atoms with E-state index < -0.39 is 0 Å². The third-order valence-corrected chi connectivity index (χ3v) is 4.98. The summed E-state index contributed by atoms with van der Waals surface area (Å²) in [5, 5.41) is 0.586. The van der Waals surface area contributed by atoms with Crippen LogP contribution in [0.5, 0.6) is 5.75 Å². The fraction of sp³-hybridized carbons (Fsp3) is 0.611. The molecular formula is C18H25ClO2. The summed E-state index contributed by atoms with van der Waals surface area (Å²) < 4.78 is 5.31. The third-order valence-electron chi connectivity index (χ3n) is 4.75. The lowest BCUT2D eigenvalue weighted by atomic mass is 9.68. The Labute approximate surface area is 132 Å². The molecule has 1 saturated carbocycles. The fourth-order valence-corrected chi connectivity index (χ4v) is 3.49. The molecule has 116 valence electrons. The first kappa shape index (κ1) is 16.4. The highest BCUT2D eigenvalue weighted by atomic mass is 35.5. The van der Waals surface area contributed by atoms with Gasteiger partial charge in [-0.15, -0.1) is 0 Å². The maximum atomic E-state index is 12.7. The van der Waals surface area contributed by atoms with Gasteiger partial charge < -0.3 is 4.74 Å². The number of hydrogen-bond acceptors (Lipinski definition) is 2. The van der Waals surface area contributed by atoms with Crippen molar-refractivity contribution in [2.75, 3.05) is 7.11 Å². The Balaban J connectivity index is 2.11. The molecule has 0 aromatic heterocycles. The monoisotopic (exact) mass is 308 g/mol. The zero-order valence-electron chi connectivity index (χ0n) is 13.4. The first-order chi connectivity index (χ1) is 9.82. The molecule has 1 aliphatic carbocycles. The largest absolute Gasteiger partial charge is 0.496 e. The van der Waals surface area contributed by atoms with E-state index in [2.05, 4.69) is 20.8 Å². The molecule has 1 aromatic carbocycles. The Morgan fingerprint density at radius 2 is 1.81 bits per heavy atom. The number of halogens is 1. The molecule has 0 heterocycles. The lowest BCUT2D eigenvalue weighted by molar-refractivity contribution is 0.0816. The fourth-order valence-electron chi connectivity index (χ4n) is 3.31. The van der Waals surface area contributed by atoms with Gasteiger partial charge in [-0.2, -0.15) is 0 Å². The van der Waals surface area contributed by atoms with Gasteiger partial charge in [-0.3, -0.25) is 4.79 Å². The lowest BCUT2D eigenvalue weighted by Gasteiger charge is -2.36. The lowest BCUT2D eigenvalue weighted by Crippen LogP contribution is -2.29. The van der Waals surface area contributed by atoms with Crippen LogP contribution in [-0.4, -0.2) is 12.9 Å². The second-order valence-electron chi connectivity index (χ2n) is 7.12. The quantitative estimate of drug-likeness (QED) is 0.700. The van der Waals surface area contributed by atoms with E-state index in [0.717, 1.165) is 25.7 Å². The predicted octanol–water partition coefficient (Wildman–Crippen LogP) is 5.38. The van der Waals surface area contributed by atoms with Crippen LogP contribution in [0.4, 0.5) is 0 Å².